The molecule has 1 unspecified atom stereocenters. The lowest BCUT2D eigenvalue weighted by molar-refractivity contribution is -0.143. The van der Waals surface area contributed by atoms with E-state index in [1.54, 1.807) is 37.4 Å². The van der Waals surface area contributed by atoms with Gasteiger partial charge in [0, 0.05) is 32.7 Å². The molecule has 1 fully saturated rings. The fraction of sp³-hybridized carbons (Fsp3) is 0.276. The number of ether oxygens (including phenoxy) is 1. The van der Waals surface area contributed by atoms with Crippen LogP contribution in [0.3, 0.4) is 0 Å². The van der Waals surface area contributed by atoms with E-state index in [1.165, 1.54) is 41.0 Å². The number of benzene rings is 2. The largest absolute Gasteiger partial charge is 0.367 e. The van der Waals surface area contributed by atoms with Gasteiger partial charge in [-0.15, -0.1) is 0 Å². The highest BCUT2D eigenvalue weighted by Crippen LogP contribution is 2.34. The SMILES string of the molecule is Cn1c(=O)cc(N2CCN(C(c3ccc(F)cc3)c3ccc(F)cc3)C(COC(F)F)C2)c2nc(C#N)ccc21. The molecule has 2 aromatic heterocycles. The Kier molecular flexibility index (Phi) is 7.82. The van der Waals surface area contributed by atoms with E-state index in [2.05, 4.69) is 4.98 Å². The number of piperazine rings is 1. The second kappa shape index (κ2) is 11.5. The average molecular weight is 552 g/mol. The number of hydrogen-bond donors (Lipinski definition) is 0. The van der Waals surface area contributed by atoms with Gasteiger partial charge < -0.3 is 14.2 Å². The summed E-state index contributed by atoms with van der Waals surface area (Å²) in [4.78, 5) is 21.1. The topological polar surface area (TPSA) is 74.4 Å². The van der Waals surface area contributed by atoms with Crippen molar-refractivity contribution in [3.05, 3.63) is 106 Å². The third-order valence-corrected chi connectivity index (χ3v) is 7.17. The van der Waals surface area contributed by atoms with Gasteiger partial charge in [0.15, 0.2) is 0 Å². The molecule has 4 aromatic rings. The van der Waals surface area contributed by atoms with E-state index in [0.29, 0.717) is 40.9 Å². The minimum atomic E-state index is -3.00. The highest BCUT2D eigenvalue weighted by molar-refractivity contribution is 5.88. The smallest absolute Gasteiger partial charge is 0.345 e. The summed E-state index contributed by atoms with van der Waals surface area (Å²) in [6.07, 6.45) is 0. The molecule has 40 heavy (non-hydrogen) atoms. The van der Waals surface area contributed by atoms with E-state index in [9.17, 15) is 27.6 Å². The Hall–Kier alpha value is -4.27. The number of pyridine rings is 2. The second-order valence-corrected chi connectivity index (χ2v) is 9.54. The fourth-order valence-corrected chi connectivity index (χ4v) is 5.24. The summed E-state index contributed by atoms with van der Waals surface area (Å²) < 4.78 is 60.3. The van der Waals surface area contributed by atoms with Crippen LogP contribution in [0.15, 0.2) is 71.5 Å². The molecule has 0 saturated carbocycles. The van der Waals surface area contributed by atoms with E-state index in [1.807, 2.05) is 15.9 Å². The second-order valence-electron chi connectivity index (χ2n) is 9.54. The number of aromatic nitrogens is 2. The van der Waals surface area contributed by atoms with Crippen molar-refractivity contribution in [2.45, 2.75) is 18.7 Å². The molecule has 5 rings (SSSR count). The average Bonchev–Trinajstić information content (AvgIpc) is 2.96. The number of alkyl halides is 2. The van der Waals surface area contributed by atoms with Gasteiger partial charge in [-0.05, 0) is 47.5 Å². The summed E-state index contributed by atoms with van der Waals surface area (Å²) >= 11 is 0. The van der Waals surface area contributed by atoms with Gasteiger partial charge in [0.2, 0.25) is 0 Å². The molecule has 0 radical (unpaired) electrons. The predicted octanol–water partition coefficient (Wildman–Crippen LogP) is 4.60. The zero-order valence-electron chi connectivity index (χ0n) is 21.5. The quantitative estimate of drug-likeness (QED) is 0.313. The third-order valence-electron chi connectivity index (χ3n) is 7.17. The lowest BCUT2D eigenvalue weighted by Gasteiger charge is -2.46. The molecule has 206 valence electrons. The van der Waals surface area contributed by atoms with Crippen LogP contribution in [0.4, 0.5) is 23.2 Å². The van der Waals surface area contributed by atoms with Gasteiger partial charge in [-0.25, -0.2) is 13.8 Å². The van der Waals surface area contributed by atoms with Gasteiger partial charge in [0.1, 0.15) is 28.9 Å². The van der Waals surface area contributed by atoms with Gasteiger partial charge in [-0.3, -0.25) is 9.69 Å². The van der Waals surface area contributed by atoms with Crippen molar-refractivity contribution in [2.24, 2.45) is 7.05 Å². The number of nitrogens with zero attached hydrogens (tertiary/aromatic N) is 5. The number of hydrogen-bond acceptors (Lipinski definition) is 6. The Labute approximate surface area is 227 Å². The van der Waals surface area contributed by atoms with Crippen LogP contribution in [-0.2, 0) is 11.8 Å². The normalized spacial score (nSPS) is 16.1. The molecule has 0 bridgehead atoms. The molecule has 0 amide bonds. The monoisotopic (exact) mass is 551 g/mol. The number of fused-ring (bicyclic) bond motifs is 1. The highest BCUT2D eigenvalue weighted by Gasteiger charge is 2.35. The zero-order valence-corrected chi connectivity index (χ0v) is 21.5. The summed E-state index contributed by atoms with van der Waals surface area (Å²) in [7, 11) is 1.61. The van der Waals surface area contributed by atoms with E-state index in [-0.39, 0.29) is 24.4 Å². The minimum Gasteiger partial charge on any atom is -0.367 e. The maximum absolute atomic E-state index is 13.8. The maximum atomic E-state index is 13.8. The van der Waals surface area contributed by atoms with Gasteiger partial charge in [-0.1, -0.05) is 24.3 Å². The van der Waals surface area contributed by atoms with Crippen molar-refractivity contribution in [3.8, 4) is 6.07 Å². The Morgan fingerprint density at radius 3 is 2.20 bits per heavy atom. The standard InChI is InChI=1S/C29H25F4N5O2/c1-36-24-11-10-22(15-34)35-27(24)25(14-26(36)39)37-12-13-38(23(16-37)17-40-29(32)33)28(18-2-6-20(30)7-3-18)19-4-8-21(31)9-5-19/h2-11,14,23,28-29H,12-13,16-17H2,1H3. The van der Waals surface area contributed by atoms with Crippen LogP contribution >= 0.6 is 0 Å². The lowest BCUT2D eigenvalue weighted by Crippen LogP contribution is -2.56. The number of aryl methyl sites for hydroxylation is 1. The molecule has 1 saturated heterocycles. The van der Waals surface area contributed by atoms with Gasteiger partial charge in [0.05, 0.1) is 29.9 Å². The van der Waals surface area contributed by atoms with Crippen molar-refractivity contribution in [3.63, 3.8) is 0 Å². The van der Waals surface area contributed by atoms with Crippen molar-refractivity contribution in [2.75, 3.05) is 31.1 Å². The van der Waals surface area contributed by atoms with E-state index < -0.39 is 30.3 Å². The minimum absolute atomic E-state index is 0.177. The van der Waals surface area contributed by atoms with Crippen LogP contribution in [0.1, 0.15) is 22.9 Å². The molecule has 1 aliphatic rings. The van der Waals surface area contributed by atoms with Crippen molar-refractivity contribution in [1.82, 2.24) is 14.5 Å². The highest BCUT2D eigenvalue weighted by atomic mass is 19.3. The van der Waals surface area contributed by atoms with Gasteiger partial charge in [-0.2, -0.15) is 14.0 Å². The van der Waals surface area contributed by atoms with Crippen LogP contribution in [-0.4, -0.2) is 53.3 Å². The molecular formula is C29H25F4N5O2. The molecule has 2 aromatic carbocycles. The summed E-state index contributed by atoms with van der Waals surface area (Å²) in [5.74, 6) is -0.850. The molecule has 0 N–H and O–H groups in total. The molecule has 1 atom stereocenters. The first kappa shape index (κ1) is 27.3. The Balaban J connectivity index is 1.57. The van der Waals surface area contributed by atoms with Crippen LogP contribution in [0.5, 0.6) is 0 Å². The molecule has 7 nitrogen and oxygen atoms in total. The first-order chi connectivity index (χ1) is 19.2. The van der Waals surface area contributed by atoms with Gasteiger partial charge in [0.25, 0.3) is 5.56 Å². The molecular weight excluding hydrogens is 526 g/mol. The predicted molar refractivity (Wildman–Crippen MR) is 141 cm³/mol. The van der Waals surface area contributed by atoms with Gasteiger partial charge >= 0.3 is 6.61 Å². The summed E-state index contributed by atoms with van der Waals surface area (Å²) in [6.45, 7) is -2.44. The van der Waals surface area contributed by atoms with Crippen LogP contribution in [0.2, 0.25) is 0 Å². The molecule has 0 aliphatic carbocycles. The zero-order chi connectivity index (χ0) is 28.4. The number of anilines is 1. The number of halogens is 4. The van der Waals surface area contributed by atoms with Crippen LogP contribution in [0, 0.1) is 23.0 Å². The van der Waals surface area contributed by atoms with E-state index in [0.717, 1.165) is 0 Å². The van der Waals surface area contributed by atoms with E-state index >= 15 is 0 Å². The van der Waals surface area contributed by atoms with E-state index in [4.69, 9.17) is 4.74 Å². The first-order valence-electron chi connectivity index (χ1n) is 12.6. The number of rotatable bonds is 7. The molecule has 11 heteroatoms. The summed E-state index contributed by atoms with van der Waals surface area (Å²) in [5.41, 5.74) is 2.74. The summed E-state index contributed by atoms with van der Waals surface area (Å²) in [5, 5.41) is 9.40. The van der Waals surface area contributed by atoms with Crippen molar-refractivity contribution < 1.29 is 22.3 Å². The molecule has 1 aliphatic heterocycles. The van der Waals surface area contributed by atoms with Crippen molar-refractivity contribution in [1.29, 1.82) is 5.26 Å². The Morgan fingerprint density at radius 2 is 1.62 bits per heavy atom. The van der Waals surface area contributed by atoms with Crippen LogP contribution in [0.25, 0.3) is 11.0 Å². The number of nitriles is 1. The lowest BCUT2D eigenvalue weighted by atomic mass is 9.94. The van der Waals surface area contributed by atoms with Crippen molar-refractivity contribution >= 4 is 16.7 Å². The Morgan fingerprint density at radius 1 is 1.00 bits per heavy atom. The summed E-state index contributed by atoms with van der Waals surface area (Å²) in [6, 6.07) is 17.2. The third kappa shape index (κ3) is 5.54. The Bertz CT molecular complexity index is 1560. The molecule has 3 heterocycles. The first-order valence-corrected chi connectivity index (χ1v) is 12.6. The fourth-order valence-electron chi connectivity index (χ4n) is 5.24. The maximum Gasteiger partial charge on any atom is 0.345 e. The van der Waals surface area contributed by atoms with Crippen LogP contribution < -0.4 is 10.5 Å². The molecule has 0 spiro atoms.